The van der Waals surface area contributed by atoms with E-state index in [0.717, 1.165) is 16.9 Å². The van der Waals surface area contributed by atoms with Crippen molar-refractivity contribution in [3.8, 4) is 0 Å². The summed E-state index contributed by atoms with van der Waals surface area (Å²) >= 11 is 0. The lowest BCUT2D eigenvalue weighted by molar-refractivity contribution is -0.141. The van der Waals surface area contributed by atoms with E-state index in [2.05, 4.69) is 10.3 Å². The van der Waals surface area contributed by atoms with Gasteiger partial charge in [0.2, 0.25) is 5.91 Å². The minimum Gasteiger partial charge on any atom is -0.468 e. The number of carbonyl (C=O) groups excluding carboxylic acids is 2. The molecule has 1 aromatic carbocycles. The van der Waals surface area contributed by atoms with Crippen molar-refractivity contribution in [2.24, 2.45) is 0 Å². The maximum atomic E-state index is 11.6. The van der Waals surface area contributed by atoms with Crippen LogP contribution >= 0.6 is 0 Å². The average Bonchev–Trinajstić information content (AvgIpc) is 2.85. The van der Waals surface area contributed by atoms with Gasteiger partial charge in [-0.3, -0.25) is 9.59 Å². The SMILES string of the molecule is COCC(=O)NCCc1nc2ccccc2n1CC(=O)OC. The van der Waals surface area contributed by atoms with Crippen molar-refractivity contribution in [3.05, 3.63) is 30.1 Å². The number of hydrogen-bond acceptors (Lipinski definition) is 5. The predicted molar refractivity (Wildman–Crippen MR) is 80.3 cm³/mol. The number of nitrogens with zero attached hydrogens (tertiary/aromatic N) is 2. The summed E-state index contributed by atoms with van der Waals surface area (Å²) in [6, 6.07) is 7.57. The van der Waals surface area contributed by atoms with E-state index in [-0.39, 0.29) is 25.0 Å². The van der Waals surface area contributed by atoms with Gasteiger partial charge in [0.05, 0.1) is 18.1 Å². The third-order valence-corrected chi connectivity index (χ3v) is 3.19. The van der Waals surface area contributed by atoms with E-state index >= 15 is 0 Å². The highest BCUT2D eigenvalue weighted by molar-refractivity contribution is 5.79. The van der Waals surface area contributed by atoms with E-state index in [0.29, 0.717) is 13.0 Å². The van der Waals surface area contributed by atoms with Crippen molar-refractivity contribution >= 4 is 22.9 Å². The number of para-hydroxylation sites is 2. The van der Waals surface area contributed by atoms with Crippen molar-refractivity contribution in [2.75, 3.05) is 27.4 Å². The lowest BCUT2D eigenvalue weighted by Crippen LogP contribution is -2.29. The van der Waals surface area contributed by atoms with Crippen LogP contribution in [0.15, 0.2) is 24.3 Å². The number of methoxy groups -OCH3 is 2. The molecule has 0 saturated heterocycles. The molecule has 1 aromatic heterocycles. The minimum atomic E-state index is -0.340. The number of fused-ring (bicyclic) bond motifs is 1. The molecule has 1 N–H and O–H groups in total. The molecule has 0 bridgehead atoms. The Morgan fingerprint density at radius 2 is 2.05 bits per heavy atom. The van der Waals surface area contributed by atoms with Gasteiger partial charge in [-0.1, -0.05) is 12.1 Å². The molecular weight excluding hydrogens is 286 g/mol. The smallest absolute Gasteiger partial charge is 0.325 e. The van der Waals surface area contributed by atoms with E-state index in [1.54, 1.807) is 0 Å². The Morgan fingerprint density at radius 1 is 1.27 bits per heavy atom. The van der Waals surface area contributed by atoms with Gasteiger partial charge in [-0.05, 0) is 12.1 Å². The monoisotopic (exact) mass is 305 g/mol. The third kappa shape index (κ3) is 3.82. The first-order valence-electron chi connectivity index (χ1n) is 6.92. The Morgan fingerprint density at radius 3 is 2.77 bits per heavy atom. The fraction of sp³-hybridized carbons (Fsp3) is 0.400. The summed E-state index contributed by atoms with van der Waals surface area (Å²) in [7, 11) is 2.82. The van der Waals surface area contributed by atoms with Crippen LogP contribution in [0.1, 0.15) is 5.82 Å². The topological polar surface area (TPSA) is 82.5 Å². The first-order valence-corrected chi connectivity index (χ1v) is 6.92. The Balaban J connectivity index is 2.15. The van der Waals surface area contributed by atoms with Crippen LogP contribution in [0.5, 0.6) is 0 Å². The number of carbonyl (C=O) groups is 2. The van der Waals surface area contributed by atoms with Crippen LogP contribution in [0.25, 0.3) is 11.0 Å². The van der Waals surface area contributed by atoms with Crippen molar-refractivity contribution in [1.82, 2.24) is 14.9 Å². The largest absolute Gasteiger partial charge is 0.468 e. The zero-order valence-electron chi connectivity index (χ0n) is 12.7. The number of rotatable bonds is 7. The molecule has 0 aliphatic carbocycles. The normalized spacial score (nSPS) is 10.6. The molecule has 1 amide bonds. The maximum Gasteiger partial charge on any atom is 0.325 e. The second-order valence-electron chi connectivity index (χ2n) is 4.71. The molecule has 2 aromatic rings. The van der Waals surface area contributed by atoms with E-state index < -0.39 is 0 Å². The quantitative estimate of drug-likeness (QED) is 0.754. The maximum absolute atomic E-state index is 11.6. The first-order chi connectivity index (χ1) is 10.7. The van der Waals surface area contributed by atoms with Gasteiger partial charge in [0.25, 0.3) is 0 Å². The lowest BCUT2D eigenvalue weighted by Gasteiger charge is -2.08. The second kappa shape index (κ2) is 7.56. The first kappa shape index (κ1) is 16.0. The van der Waals surface area contributed by atoms with Gasteiger partial charge in [-0.25, -0.2) is 4.98 Å². The van der Waals surface area contributed by atoms with Gasteiger partial charge in [-0.15, -0.1) is 0 Å². The number of benzene rings is 1. The third-order valence-electron chi connectivity index (χ3n) is 3.19. The summed E-state index contributed by atoms with van der Waals surface area (Å²) in [6.07, 6.45) is 0.515. The number of esters is 1. The van der Waals surface area contributed by atoms with Crippen molar-refractivity contribution < 1.29 is 19.1 Å². The highest BCUT2D eigenvalue weighted by Crippen LogP contribution is 2.16. The van der Waals surface area contributed by atoms with Gasteiger partial charge in [0, 0.05) is 20.1 Å². The summed E-state index contributed by atoms with van der Waals surface area (Å²) in [5.74, 6) is 0.204. The molecule has 2 rings (SSSR count). The predicted octanol–water partition coefficient (Wildman–Crippen LogP) is 0.514. The molecule has 1 heterocycles. The zero-order chi connectivity index (χ0) is 15.9. The molecule has 7 nitrogen and oxygen atoms in total. The number of aromatic nitrogens is 2. The average molecular weight is 305 g/mol. The van der Waals surface area contributed by atoms with Crippen LogP contribution in [0.3, 0.4) is 0 Å². The number of amides is 1. The number of nitrogens with one attached hydrogen (secondary N) is 1. The van der Waals surface area contributed by atoms with E-state index in [9.17, 15) is 9.59 Å². The van der Waals surface area contributed by atoms with Crippen LogP contribution in [0.4, 0.5) is 0 Å². The molecule has 0 unspecified atom stereocenters. The molecular formula is C15H19N3O4. The fourth-order valence-electron chi connectivity index (χ4n) is 2.18. The fourth-order valence-corrected chi connectivity index (χ4v) is 2.18. The Labute approximate surface area is 128 Å². The summed E-state index contributed by atoms with van der Waals surface area (Å²) in [5.41, 5.74) is 1.68. The molecule has 0 atom stereocenters. The Bertz CT molecular complexity index is 666. The highest BCUT2D eigenvalue weighted by atomic mass is 16.5. The Hall–Kier alpha value is -2.41. The Kier molecular flexibility index (Phi) is 5.48. The molecule has 0 spiro atoms. The summed E-state index contributed by atoms with van der Waals surface area (Å²) in [4.78, 5) is 27.5. The molecule has 0 saturated carbocycles. The van der Waals surface area contributed by atoms with Gasteiger partial charge in [0.15, 0.2) is 0 Å². The molecule has 0 aliphatic rings. The summed E-state index contributed by atoms with van der Waals surface area (Å²) in [5, 5.41) is 2.74. The van der Waals surface area contributed by atoms with Crippen molar-refractivity contribution in [3.63, 3.8) is 0 Å². The minimum absolute atomic E-state index is 0.0264. The van der Waals surface area contributed by atoms with Crippen LogP contribution < -0.4 is 5.32 Å². The van der Waals surface area contributed by atoms with Gasteiger partial charge in [0.1, 0.15) is 19.0 Å². The van der Waals surface area contributed by atoms with Gasteiger partial charge >= 0.3 is 5.97 Å². The lowest BCUT2D eigenvalue weighted by atomic mass is 10.3. The van der Waals surface area contributed by atoms with Crippen LogP contribution in [0.2, 0.25) is 0 Å². The van der Waals surface area contributed by atoms with Gasteiger partial charge < -0.3 is 19.4 Å². The van der Waals surface area contributed by atoms with E-state index in [1.165, 1.54) is 14.2 Å². The van der Waals surface area contributed by atoms with Crippen molar-refractivity contribution in [1.29, 1.82) is 0 Å². The molecule has 118 valence electrons. The molecule has 0 radical (unpaired) electrons. The highest BCUT2D eigenvalue weighted by Gasteiger charge is 2.13. The van der Waals surface area contributed by atoms with Crippen LogP contribution in [-0.2, 0) is 32.0 Å². The standard InChI is InChI=1S/C15H19N3O4/c1-21-10-14(19)16-8-7-13-17-11-5-3-4-6-12(11)18(13)9-15(20)22-2/h3-6H,7-10H2,1-2H3,(H,16,19). The number of hydrogen-bond donors (Lipinski definition) is 1. The molecule has 7 heteroatoms. The molecule has 22 heavy (non-hydrogen) atoms. The van der Waals surface area contributed by atoms with Crippen LogP contribution in [0, 0.1) is 0 Å². The molecule has 0 fully saturated rings. The summed E-state index contributed by atoms with van der Waals surface area (Å²) < 4.78 is 11.3. The van der Waals surface area contributed by atoms with Gasteiger partial charge in [-0.2, -0.15) is 0 Å². The van der Waals surface area contributed by atoms with E-state index in [4.69, 9.17) is 9.47 Å². The molecule has 0 aliphatic heterocycles. The zero-order valence-corrected chi connectivity index (χ0v) is 12.7. The van der Waals surface area contributed by atoms with E-state index in [1.807, 2.05) is 28.8 Å². The number of ether oxygens (including phenoxy) is 2. The van der Waals surface area contributed by atoms with Crippen LogP contribution in [-0.4, -0.2) is 48.8 Å². The number of imidazole rings is 1. The second-order valence-corrected chi connectivity index (χ2v) is 4.71. The summed E-state index contributed by atoms with van der Waals surface area (Å²) in [6.45, 7) is 0.545. The van der Waals surface area contributed by atoms with Crippen molar-refractivity contribution in [2.45, 2.75) is 13.0 Å².